The molecular weight excluding hydrogens is 360 g/mol. The lowest BCUT2D eigenvalue weighted by Gasteiger charge is -2.42. The molecule has 0 bridgehead atoms. The summed E-state index contributed by atoms with van der Waals surface area (Å²) in [7, 11) is 0. The first-order chi connectivity index (χ1) is 13.8. The largest absolute Gasteiger partial charge is 0.481 e. The lowest BCUT2D eigenvalue weighted by molar-refractivity contribution is -0.138. The van der Waals surface area contributed by atoms with Crippen molar-refractivity contribution in [2.75, 3.05) is 26.2 Å². The number of benzene rings is 2. The smallest absolute Gasteiger partial charge is 0.312 e. The number of carbonyl (C=O) groups is 1. The zero-order valence-electron chi connectivity index (χ0n) is 17.9. The molecule has 2 aromatic rings. The van der Waals surface area contributed by atoms with Gasteiger partial charge in [0.2, 0.25) is 0 Å². The van der Waals surface area contributed by atoms with E-state index in [9.17, 15) is 9.90 Å². The number of rotatable bonds is 8. The van der Waals surface area contributed by atoms with Crippen LogP contribution in [-0.2, 0) is 11.3 Å². The summed E-state index contributed by atoms with van der Waals surface area (Å²) in [5.74, 6) is -1.29. The highest BCUT2D eigenvalue weighted by molar-refractivity contribution is 5.76. The molecule has 0 spiro atoms. The van der Waals surface area contributed by atoms with E-state index in [-0.39, 0.29) is 10.8 Å². The van der Waals surface area contributed by atoms with Crippen LogP contribution in [0.1, 0.15) is 44.2 Å². The van der Waals surface area contributed by atoms with Crippen LogP contribution in [-0.4, -0.2) is 42.2 Å². The van der Waals surface area contributed by atoms with E-state index in [0.717, 1.165) is 38.2 Å². The topological polar surface area (TPSA) is 52.6 Å². The van der Waals surface area contributed by atoms with Gasteiger partial charge in [-0.1, -0.05) is 81.4 Å². The highest BCUT2D eigenvalue weighted by Gasteiger charge is 2.46. The van der Waals surface area contributed by atoms with E-state index >= 15 is 0 Å². The molecule has 0 aromatic heterocycles. The summed E-state index contributed by atoms with van der Waals surface area (Å²) < 4.78 is 0. The maximum absolute atomic E-state index is 11.8. The molecule has 0 aliphatic carbocycles. The molecule has 1 saturated heterocycles. The summed E-state index contributed by atoms with van der Waals surface area (Å²) in [5, 5.41) is 13.2. The molecule has 0 saturated carbocycles. The van der Waals surface area contributed by atoms with Crippen molar-refractivity contribution in [2.24, 2.45) is 10.8 Å². The second kappa shape index (κ2) is 9.10. The van der Waals surface area contributed by atoms with Crippen molar-refractivity contribution in [1.82, 2.24) is 10.2 Å². The average molecular weight is 395 g/mol. The van der Waals surface area contributed by atoms with Gasteiger partial charge in [0.15, 0.2) is 0 Å². The molecule has 1 heterocycles. The molecular formula is C25H34N2O2. The van der Waals surface area contributed by atoms with Gasteiger partial charge in [0.05, 0.1) is 5.92 Å². The molecule has 2 unspecified atom stereocenters. The van der Waals surface area contributed by atoms with Crippen LogP contribution in [0, 0.1) is 10.8 Å². The minimum absolute atomic E-state index is 0.127. The summed E-state index contributed by atoms with van der Waals surface area (Å²) in [6.45, 7) is 11.3. The van der Waals surface area contributed by atoms with Gasteiger partial charge in [-0.2, -0.15) is 0 Å². The second-order valence-electron chi connectivity index (χ2n) is 9.41. The van der Waals surface area contributed by atoms with Crippen molar-refractivity contribution in [3.63, 3.8) is 0 Å². The number of carboxylic acids is 1. The second-order valence-corrected chi connectivity index (χ2v) is 9.41. The first-order valence-corrected chi connectivity index (χ1v) is 10.6. The molecule has 1 aliphatic rings. The van der Waals surface area contributed by atoms with E-state index in [1.165, 1.54) is 5.56 Å². The Bertz CT molecular complexity index is 785. The highest BCUT2D eigenvalue weighted by Crippen LogP contribution is 2.46. The number of hydrogen-bond donors (Lipinski definition) is 2. The predicted octanol–water partition coefficient (Wildman–Crippen LogP) is 4.38. The Labute approximate surface area is 174 Å². The monoisotopic (exact) mass is 394 g/mol. The fourth-order valence-electron chi connectivity index (χ4n) is 4.45. The first kappa shape index (κ1) is 21.5. The standard InChI is InChI=1S/C25H34N2O2/c1-24(2,3)25(14-15-27(19-25)17-20-10-6-4-7-11-20)18-26-16-22(23(28)29)21-12-8-5-9-13-21/h4-13,22,26H,14-19H2,1-3H3,(H,28,29). The van der Waals surface area contributed by atoms with Crippen LogP contribution in [0.4, 0.5) is 0 Å². The van der Waals surface area contributed by atoms with Crippen LogP contribution in [0.2, 0.25) is 0 Å². The fourth-order valence-corrected chi connectivity index (χ4v) is 4.45. The molecule has 0 amide bonds. The molecule has 3 rings (SSSR count). The third-order valence-corrected chi connectivity index (χ3v) is 6.58. The summed E-state index contributed by atoms with van der Waals surface area (Å²) in [6, 6.07) is 20.2. The summed E-state index contributed by atoms with van der Waals surface area (Å²) in [4.78, 5) is 14.3. The van der Waals surface area contributed by atoms with Gasteiger partial charge < -0.3 is 10.4 Å². The summed E-state index contributed by atoms with van der Waals surface area (Å²) in [5.41, 5.74) is 2.47. The van der Waals surface area contributed by atoms with Crippen LogP contribution in [0.5, 0.6) is 0 Å². The van der Waals surface area contributed by atoms with Crippen LogP contribution in [0.3, 0.4) is 0 Å². The van der Waals surface area contributed by atoms with E-state index in [1.54, 1.807) is 0 Å². The van der Waals surface area contributed by atoms with Crippen molar-refractivity contribution < 1.29 is 9.90 Å². The molecule has 2 aromatic carbocycles. The van der Waals surface area contributed by atoms with Crippen LogP contribution in [0.15, 0.2) is 60.7 Å². The van der Waals surface area contributed by atoms with E-state index in [0.29, 0.717) is 6.54 Å². The van der Waals surface area contributed by atoms with Crippen molar-refractivity contribution in [2.45, 2.75) is 39.7 Å². The lowest BCUT2D eigenvalue weighted by atomic mass is 9.66. The number of likely N-dealkylation sites (tertiary alicyclic amines) is 1. The van der Waals surface area contributed by atoms with Gasteiger partial charge in [-0.15, -0.1) is 0 Å². The third-order valence-electron chi connectivity index (χ3n) is 6.58. The Morgan fingerprint density at radius 1 is 1.10 bits per heavy atom. The maximum atomic E-state index is 11.8. The molecule has 156 valence electrons. The van der Waals surface area contributed by atoms with Gasteiger partial charge in [0.25, 0.3) is 0 Å². The number of hydrogen-bond acceptors (Lipinski definition) is 3. The third kappa shape index (κ3) is 5.26. The van der Waals surface area contributed by atoms with Gasteiger partial charge >= 0.3 is 5.97 Å². The summed E-state index contributed by atoms with van der Waals surface area (Å²) >= 11 is 0. The average Bonchev–Trinajstić information content (AvgIpc) is 3.10. The first-order valence-electron chi connectivity index (χ1n) is 10.6. The Hall–Kier alpha value is -2.17. The van der Waals surface area contributed by atoms with Crippen LogP contribution >= 0.6 is 0 Å². The van der Waals surface area contributed by atoms with Gasteiger partial charge in [-0.05, 0) is 29.5 Å². The molecule has 2 atom stereocenters. The number of aliphatic carboxylic acids is 1. The highest BCUT2D eigenvalue weighted by atomic mass is 16.4. The van der Waals surface area contributed by atoms with Gasteiger partial charge in [0, 0.05) is 31.6 Å². The van der Waals surface area contributed by atoms with Crippen LogP contribution in [0.25, 0.3) is 0 Å². The summed E-state index contributed by atoms with van der Waals surface area (Å²) in [6.07, 6.45) is 1.12. The van der Waals surface area contributed by atoms with Gasteiger partial charge in [-0.3, -0.25) is 9.69 Å². The molecule has 2 N–H and O–H groups in total. The quantitative estimate of drug-likeness (QED) is 0.698. The molecule has 0 radical (unpaired) electrons. The Balaban J connectivity index is 1.65. The van der Waals surface area contributed by atoms with Crippen molar-refractivity contribution in [3.8, 4) is 0 Å². The number of carboxylic acid groups (broad SMARTS) is 1. The van der Waals surface area contributed by atoms with Gasteiger partial charge in [-0.25, -0.2) is 0 Å². The molecule has 4 nitrogen and oxygen atoms in total. The van der Waals surface area contributed by atoms with E-state index in [4.69, 9.17) is 0 Å². The maximum Gasteiger partial charge on any atom is 0.312 e. The zero-order chi connectivity index (χ0) is 20.9. The normalized spacial score (nSPS) is 21.2. The minimum Gasteiger partial charge on any atom is -0.481 e. The SMILES string of the molecule is CC(C)(C)C1(CNCC(C(=O)O)c2ccccc2)CCN(Cc2ccccc2)C1. The predicted molar refractivity (Wildman–Crippen MR) is 118 cm³/mol. The van der Waals surface area contributed by atoms with E-state index < -0.39 is 11.9 Å². The molecule has 29 heavy (non-hydrogen) atoms. The van der Waals surface area contributed by atoms with E-state index in [1.807, 2.05) is 30.3 Å². The Kier molecular flexibility index (Phi) is 6.76. The number of nitrogens with one attached hydrogen (secondary N) is 1. The van der Waals surface area contributed by atoms with E-state index in [2.05, 4.69) is 61.3 Å². The minimum atomic E-state index is -0.773. The number of nitrogens with zero attached hydrogens (tertiary/aromatic N) is 1. The fraction of sp³-hybridized carbons (Fsp3) is 0.480. The lowest BCUT2D eigenvalue weighted by Crippen LogP contribution is -2.47. The van der Waals surface area contributed by atoms with Crippen molar-refractivity contribution in [3.05, 3.63) is 71.8 Å². The molecule has 4 heteroatoms. The Morgan fingerprint density at radius 3 is 2.31 bits per heavy atom. The molecule has 1 aliphatic heterocycles. The molecule has 1 fully saturated rings. The van der Waals surface area contributed by atoms with Crippen molar-refractivity contribution >= 4 is 5.97 Å². The van der Waals surface area contributed by atoms with Crippen LogP contribution < -0.4 is 5.32 Å². The van der Waals surface area contributed by atoms with Crippen molar-refractivity contribution in [1.29, 1.82) is 0 Å². The zero-order valence-corrected chi connectivity index (χ0v) is 17.9. The Morgan fingerprint density at radius 2 is 1.72 bits per heavy atom. The van der Waals surface area contributed by atoms with Gasteiger partial charge in [0.1, 0.15) is 0 Å².